The normalized spacial score (nSPS) is 11.1. The molecule has 0 aromatic carbocycles. The van der Waals surface area contributed by atoms with E-state index in [4.69, 9.17) is 0 Å². The molecule has 0 atom stereocenters. The predicted molar refractivity (Wildman–Crippen MR) is 59.7 cm³/mol. The van der Waals surface area contributed by atoms with E-state index in [2.05, 4.69) is 22.3 Å². The number of nitrogens with one attached hydrogen (secondary N) is 1. The molecule has 2 rings (SSSR count). The Morgan fingerprint density at radius 3 is 3.13 bits per heavy atom. The van der Waals surface area contributed by atoms with E-state index in [1.54, 1.807) is 0 Å². The first-order chi connectivity index (χ1) is 7.29. The molecule has 0 aliphatic rings. The van der Waals surface area contributed by atoms with E-state index in [0.29, 0.717) is 0 Å². The van der Waals surface area contributed by atoms with Gasteiger partial charge in [0, 0.05) is 30.6 Å². The summed E-state index contributed by atoms with van der Waals surface area (Å²) >= 11 is 0. The monoisotopic (exact) mass is 204 g/mol. The molecule has 2 aromatic rings. The maximum atomic E-state index is 4.34. The molecule has 0 saturated heterocycles. The fourth-order valence-corrected chi connectivity index (χ4v) is 1.53. The summed E-state index contributed by atoms with van der Waals surface area (Å²) in [6.45, 7) is 6.03. The molecule has 0 radical (unpaired) electrons. The van der Waals surface area contributed by atoms with Gasteiger partial charge in [-0.1, -0.05) is 6.92 Å². The largest absolute Gasteiger partial charge is 0.313 e. The quantitative estimate of drug-likeness (QED) is 0.768. The average Bonchev–Trinajstić information content (AvgIpc) is 2.57. The highest BCUT2D eigenvalue weighted by molar-refractivity contribution is 5.38. The van der Waals surface area contributed by atoms with Gasteiger partial charge in [0.2, 0.25) is 0 Å². The highest BCUT2D eigenvalue weighted by Gasteiger charge is 1.99. The molecule has 4 nitrogen and oxygen atoms in total. The van der Waals surface area contributed by atoms with Crippen LogP contribution in [0.4, 0.5) is 0 Å². The van der Waals surface area contributed by atoms with Crippen molar-refractivity contribution in [3.8, 4) is 0 Å². The number of nitrogens with zero attached hydrogens (tertiary/aromatic N) is 3. The van der Waals surface area contributed by atoms with Gasteiger partial charge in [-0.05, 0) is 19.9 Å². The van der Waals surface area contributed by atoms with Crippen molar-refractivity contribution < 1.29 is 0 Å². The Morgan fingerprint density at radius 1 is 1.47 bits per heavy atom. The minimum atomic E-state index is 0.857. The molecule has 0 fully saturated rings. The predicted octanol–water partition coefficient (Wildman–Crippen LogP) is 1.54. The van der Waals surface area contributed by atoms with Gasteiger partial charge in [0.1, 0.15) is 0 Å². The van der Waals surface area contributed by atoms with Crippen molar-refractivity contribution in [2.45, 2.75) is 26.8 Å². The van der Waals surface area contributed by atoms with Crippen LogP contribution in [0.5, 0.6) is 0 Å². The number of fused-ring (bicyclic) bond motifs is 1. The highest BCUT2D eigenvalue weighted by atomic mass is 15.2. The molecular weight excluding hydrogens is 188 g/mol. The summed E-state index contributed by atoms with van der Waals surface area (Å²) in [5.41, 5.74) is 3.08. The summed E-state index contributed by atoms with van der Waals surface area (Å²) < 4.78 is 1.83. The molecule has 2 heterocycles. The molecule has 1 N–H and O–H groups in total. The zero-order valence-corrected chi connectivity index (χ0v) is 9.20. The number of aryl methyl sites for hydroxylation is 1. The topological polar surface area (TPSA) is 42.2 Å². The van der Waals surface area contributed by atoms with Crippen molar-refractivity contribution in [2.24, 2.45) is 0 Å². The van der Waals surface area contributed by atoms with E-state index in [9.17, 15) is 0 Å². The second kappa shape index (κ2) is 4.40. The van der Waals surface area contributed by atoms with E-state index in [1.165, 1.54) is 5.56 Å². The summed E-state index contributed by atoms with van der Waals surface area (Å²) in [5.74, 6) is 0. The van der Waals surface area contributed by atoms with E-state index < -0.39 is 0 Å². The van der Waals surface area contributed by atoms with Crippen LogP contribution >= 0.6 is 0 Å². The van der Waals surface area contributed by atoms with E-state index >= 15 is 0 Å². The maximum Gasteiger partial charge on any atom is 0.155 e. The Morgan fingerprint density at radius 2 is 2.33 bits per heavy atom. The number of aromatic nitrogens is 3. The third kappa shape index (κ3) is 2.33. The van der Waals surface area contributed by atoms with Crippen LogP contribution in [-0.2, 0) is 6.54 Å². The summed E-state index contributed by atoms with van der Waals surface area (Å²) in [5, 5.41) is 7.67. The van der Waals surface area contributed by atoms with Crippen LogP contribution in [0, 0.1) is 6.92 Å². The average molecular weight is 204 g/mol. The van der Waals surface area contributed by atoms with E-state index in [-0.39, 0.29) is 0 Å². The summed E-state index contributed by atoms with van der Waals surface area (Å²) in [6.07, 6.45) is 5.08. The molecule has 0 aliphatic carbocycles. The lowest BCUT2D eigenvalue weighted by Crippen LogP contribution is -2.14. The minimum Gasteiger partial charge on any atom is -0.313 e. The Labute approximate surface area is 89.3 Å². The zero-order chi connectivity index (χ0) is 10.7. The minimum absolute atomic E-state index is 0.857. The van der Waals surface area contributed by atoms with Crippen LogP contribution in [0.1, 0.15) is 24.6 Å². The molecule has 15 heavy (non-hydrogen) atoms. The molecule has 4 heteroatoms. The fourth-order valence-electron chi connectivity index (χ4n) is 1.53. The van der Waals surface area contributed by atoms with Crippen LogP contribution < -0.4 is 5.32 Å². The maximum absolute atomic E-state index is 4.34. The van der Waals surface area contributed by atoms with Gasteiger partial charge in [0.05, 0.1) is 5.69 Å². The molecule has 80 valence electrons. The van der Waals surface area contributed by atoms with Crippen molar-refractivity contribution >= 4 is 5.65 Å². The van der Waals surface area contributed by atoms with Gasteiger partial charge in [0.15, 0.2) is 5.65 Å². The van der Waals surface area contributed by atoms with Crippen molar-refractivity contribution in [2.75, 3.05) is 6.54 Å². The SMILES string of the molecule is CCCNCc1cnc2cc(C)nn2c1. The second-order valence-corrected chi connectivity index (χ2v) is 3.73. The molecule has 0 unspecified atom stereocenters. The molecule has 2 aromatic heterocycles. The van der Waals surface area contributed by atoms with Crippen LogP contribution in [0.15, 0.2) is 18.5 Å². The fraction of sp³-hybridized carbons (Fsp3) is 0.455. The molecule has 0 bridgehead atoms. The van der Waals surface area contributed by atoms with E-state index in [0.717, 1.165) is 30.9 Å². The Kier molecular flexibility index (Phi) is 2.97. The van der Waals surface area contributed by atoms with Gasteiger partial charge in [-0.3, -0.25) is 0 Å². The van der Waals surface area contributed by atoms with Crippen molar-refractivity contribution in [3.05, 3.63) is 29.7 Å². The molecular formula is C11H16N4. The lowest BCUT2D eigenvalue weighted by Gasteiger charge is -2.02. The first-order valence-corrected chi connectivity index (χ1v) is 5.31. The molecule has 0 aliphatic heterocycles. The van der Waals surface area contributed by atoms with Crippen LogP contribution in [0.2, 0.25) is 0 Å². The summed E-state index contributed by atoms with van der Waals surface area (Å²) in [7, 11) is 0. The van der Waals surface area contributed by atoms with Gasteiger partial charge in [-0.2, -0.15) is 5.10 Å². The van der Waals surface area contributed by atoms with Gasteiger partial charge in [-0.25, -0.2) is 9.50 Å². The van der Waals surface area contributed by atoms with Crippen LogP contribution in [-0.4, -0.2) is 21.1 Å². The smallest absolute Gasteiger partial charge is 0.155 e. The second-order valence-electron chi connectivity index (χ2n) is 3.73. The lowest BCUT2D eigenvalue weighted by molar-refractivity contribution is 0.669. The van der Waals surface area contributed by atoms with Crippen molar-refractivity contribution in [1.82, 2.24) is 19.9 Å². The third-order valence-electron chi connectivity index (χ3n) is 2.24. The molecule has 0 spiro atoms. The first-order valence-electron chi connectivity index (χ1n) is 5.31. The van der Waals surface area contributed by atoms with E-state index in [1.807, 2.05) is 29.9 Å². The van der Waals surface area contributed by atoms with Gasteiger partial charge < -0.3 is 5.32 Å². The first kappa shape index (κ1) is 10.1. The van der Waals surface area contributed by atoms with Crippen LogP contribution in [0.3, 0.4) is 0 Å². The van der Waals surface area contributed by atoms with Crippen molar-refractivity contribution in [3.63, 3.8) is 0 Å². The summed E-state index contributed by atoms with van der Waals surface area (Å²) in [6, 6.07) is 1.98. The Balaban J connectivity index is 2.15. The zero-order valence-electron chi connectivity index (χ0n) is 9.20. The molecule has 0 saturated carbocycles. The van der Waals surface area contributed by atoms with Gasteiger partial charge in [0.25, 0.3) is 0 Å². The Bertz CT molecular complexity index is 447. The highest BCUT2D eigenvalue weighted by Crippen LogP contribution is 2.04. The Hall–Kier alpha value is -1.42. The third-order valence-corrected chi connectivity index (χ3v) is 2.24. The van der Waals surface area contributed by atoms with Gasteiger partial charge >= 0.3 is 0 Å². The number of rotatable bonds is 4. The summed E-state index contributed by atoms with van der Waals surface area (Å²) in [4.78, 5) is 4.34. The van der Waals surface area contributed by atoms with Gasteiger partial charge in [-0.15, -0.1) is 0 Å². The number of hydrogen-bond acceptors (Lipinski definition) is 3. The van der Waals surface area contributed by atoms with Crippen molar-refractivity contribution in [1.29, 1.82) is 0 Å². The van der Waals surface area contributed by atoms with Crippen LogP contribution in [0.25, 0.3) is 5.65 Å². The number of hydrogen-bond donors (Lipinski definition) is 1. The lowest BCUT2D eigenvalue weighted by atomic mass is 10.3. The molecule has 0 amide bonds. The standard InChI is InChI=1S/C11H16N4/c1-3-4-12-6-10-7-13-11-5-9(2)14-15(11)8-10/h5,7-8,12H,3-4,6H2,1-2H3.